The molecule has 0 atom stereocenters. The first-order valence-electron chi connectivity index (χ1n) is 9.29. The lowest BCUT2D eigenvalue weighted by Crippen LogP contribution is -2.25. The summed E-state index contributed by atoms with van der Waals surface area (Å²) in [6.07, 6.45) is 1.74. The van der Waals surface area contributed by atoms with E-state index in [2.05, 4.69) is 14.9 Å². The number of benzene rings is 2. The zero-order valence-electron chi connectivity index (χ0n) is 16.0. The monoisotopic (exact) mass is 377 g/mol. The van der Waals surface area contributed by atoms with Gasteiger partial charge in [0.2, 0.25) is 0 Å². The minimum absolute atomic E-state index is 0.127. The zero-order chi connectivity index (χ0) is 19.7. The lowest BCUT2D eigenvalue weighted by molar-refractivity contribution is 0.217. The highest BCUT2D eigenvalue weighted by Gasteiger charge is 2.21. The molecule has 0 unspecified atom stereocenters. The van der Waals surface area contributed by atoms with Crippen LogP contribution >= 0.6 is 0 Å². The first-order valence-corrected chi connectivity index (χ1v) is 9.29. The highest BCUT2D eigenvalue weighted by Crippen LogP contribution is 2.38. The second-order valence-electron chi connectivity index (χ2n) is 7.15. The normalized spacial score (nSPS) is 14.2. The summed E-state index contributed by atoms with van der Waals surface area (Å²) >= 11 is 0. The molecule has 28 heavy (non-hydrogen) atoms. The van der Waals surface area contributed by atoms with Crippen molar-refractivity contribution in [3.05, 3.63) is 65.1 Å². The van der Waals surface area contributed by atoms with Gasteiger partial charge in [-0.15, -0.1) is 0 Å². The molecule has 4 rings (SSSR count). The van der Waals surface area contributed by atoms with Gasteiger partial charge in [0.05, 0.1) is 17.1 Å². The van der Waals surface area contributed by atoms with Crippen molar-refractivity contribution in [2.24, 2.45) is 0 Å². The summed E-state index contributed by atoms with van der Waals surface area (Å²) < 4.78 is 5.84. The molecule has 0 aliphatic carbocycles. The summed E-state index contributed by atoms with van der Waals surface area (Å²) in [6.45, 7) is 6.45. The molecule has 0 spiro atoms. The zero-order valence-corrected chi connectivity index (χ0v) is 16.0. The predicted octanol–water partition coefficient (Wildman–Crippen LogP) is 3.57. The minimum Gasteiger partial charge on any atom is -0.508 e. The number of nitrogens with zero attached hydrogens (tertiary/aromatic N) is 3. The van der Waals surface area contributed by atoms with Gasteiger partial charge in [-0.3, -0.25) is 9.88 Å². The van der Waals surface area contributed by atoms with E-state index in [1.165, 1.54) is 0 Å². The number of fused-ring (bicyclic) bond motifs is 1. The summed E-state index contributed by atoms with van der Waals surface area (Å²) in [5.74, 6) is 0.925. The molecule has 0 bridgehead atoms. The summed E-state index contributed by atoms with van der Waals surface area (Å²) in [5.41, 5.74) is 5.30. The van der Waals surface area contributed by atoms with Gasteiger partial charge in [0.15, 0.2) is 11.5 Å². The summed E-state index contributed by atoms with van der Waals surface area (Å²) in [5, 5.41) is 20.0. The third kappa shape index (κ3) is 3.77. The third-order valence-electron chi connectivity index (χ3n) is 4.89. The van der Waals surface area contributed by atoms with Crippen LogP contribution in [0.25, 0.3) is 11.3 Å². The second kappa shape index (κ2) is 7.48. The van der Waals surface area contributed by atoms with Gasteiger partial charge in [-0.05, 0) is 43.7 Å². The lowest BCUT2D eigenvalue weighted by Gasteiger charge is -2.19. The molecule has 3 aromatic rings. The molecule has 2 heterocycles. The molecule has 2 N–H and O–H groups in total. The van der Waals surface area contributed by atoms with Gasteiger partial charge < -0.3 is 14.9 Å². The van der Waals surface area contributed by atoms with E-state index in [9.17, 15) is 10.2 Å². The number of hydrogen-bond acceptors (Lipinski definition) is 6. The summed E-state index contributed by atoms with van der Waals surface area (Å²) in [6, 6.07) is 11.0. The Morgan fingerprint density at radius 2 is 1.89 bits per heavy atom. The molecule has 0 amide bonds. The number of phenols is 2. The van der Waals surface area contributed by atoms with Crippen molar-refractivity contribution in [1.29, 1.82) is 0 Å². The van der Waals surface area contributed by atoms with Crippen LogP contribution in [0.3, 0.4) is 0 Å². The van der Waals surface area contributed by atoms with Crippen LogP contribution in [0.5, 0.6) is 17.2 Å². The van der Waals surface area contributed by atoms with Crippen LogP contribution in [0.2, 0.25) is 0 Å². The van der Waals surface area contributed by atoms with Crippen molar-refractivity contribution in [1.82, 2.24) is 14.9 Å². The van der Waals surface area contributed by atoms with E-state index in [0.29, 0.717) is 18.9 Å². The number of ether oxygens (including phenoxy) is 1. The molecule has 0 saturated heterocycles. The van der Waals surface area contributed by atoms with E-state index >= 15 is 0 Å². The highest BCUT2D eigenvalue weighted by atomic mass is 16.5. The maximum atomic E-state index is 10.6. The van der Waals surface area contributed by atoms with Crippen molar-refractivity contribution in [2.75, 3.05) is 13.2 Å². The summed E-state index contributed by atoms with van der Waals surface area (Å²) in [4.78, 5) is 11.2. The molecule has 0 radical (unpaired) electrons. The van der Waals surface area contributed by atoms with Gasteiger partial charge in [-0.2, -0.15) is 0 Å². The smallest absolute Gasteiger partial charge is 0.165 e. The fourth-order valence-electron chi connectivity index (χ4n) is 3.50. The molecule has 1 aliphatic heterocycles. The Bertz CT molecular complexity index is 1000. The number of aryl methyl sites for hydroxylation is 2. The van der Waals surface area contributed by atoms with Crippen molar-refractivity contribution in [3.63, 3.8) is 0 Å². The van der Waals surface area contributed by atoms with Crippen LogP contribution in [-0.4, -0.2) is 38.2 Å². The topological polar surface area (TPSA) is 78.7 Å². The van der Waals surface area contributed by atoms with Crippen molar-refractivity contribution in [2.45, 2.75) is 26.9 Å². The van der Waals surface area contributed by atoms with E-state index in [4.69, 9.17) is 4.74 Å². The van der Waals surface area contributed by atoms with E-state index < -0.39 is 0 Å². The average Bonchev–Trinajstić information content (AvgIpc) is 2.87. The van der Waals surface area contributed by atoms with E-state index in [1.807, 2.05) is 32.0 Å². The van der Waals surface area contributed by atoms with E-state index in [-0.39, 0.29) is 11.5 Å². The van der Waals surface area contributed by atoms with Gasteiger partial charge >= 0.3 is 0 Å². The molecule has 6 heteroatoms. The second-order valence-corrected chi connectivity index (χ2v) is 7.15. The molecule has 0 saturated carbocycles. The van der Waals surface area contributed by atoms with Crippen LogP contribution in [0.4, 0.5) is 0 Å². The molecule has 144 valence electrons. The molecule has 1 aliphatic rings. The Kier molecular flexibility index (Phi) is 4.88. The maximum Gasteiger partial charge on any atom is 0.165 e. The Morgan fingerprint density at radius 3 is 2.68 bits per heavy atom. The first-order chi connectivity index (χ1) is 13.5. The first kappa shape index (κ1) is 18.3. The number of phenolic OH excluding ortho intramolecular Hbond substituents is 2. The quantitative estimate of drug-likeness (QED) is 0.727. The van der Waals surface area contributed by atoms with E-state index in [1.54, 1.807) is 24.4 Å². The standard InChI is InChI=1S/C22H23N3O3/c1-14-11-23-15(2)21(24-14)17-9-18-13-25(7-8-28-22(18)20(27)10-17)12-16-3-5-19(26)6-4-16/h3-6,9-11,26-27H,7-8,12-13H2,1-2H3. The summed E-state index contributed by atoms with van der Waals surface area (Å²) in [7, 11) is 0. The maximum absolute atomic E-state index is 10.6. The van der Waals surface area contributed by atoms with Crippen LogP contribution in [0.15, 0.2) is 42.6 Å². The van der Waals surface area contributed by atoms with Crippen LogP contribution in [-0.2, 0) is 13.1 Å². The van der Waals surface area contributed by atoms with Crippen molar-refractivity contribution >= 4 is 0 Å². The lowest BCUT2D eigenvalue weighted by atomic mass is 10.0. The van der Waals surface area contributed by atoms with Crippen LogP contribution in [0, 0.1) is 13.8 Å². The predicted molar refractivity (Wildman–Crippen MR) is 106 cm³/mol. The Hall–Kier alpha value is -3.12. The van der Waals surface area contributed by atoms with Gasteiger partial charge in [0, 0.05) is 37.0 Å². The molecule has 2 aromatic carbocycles. The number of aromatic hydroxyl groups is 2. The molecule has 1 aromatic heterocycles. The fraction of sp³-hybridized carbons (Fsp3) is 0.273. The number of rotatable bonds is 3. The third-order valence-corrected chi connectivity index (χ3v) is 4.89. The van der Waals surface area contributed by atoms with Crippen LogP contribution in [0.1, 0.15) is 22.5 Å². The minimum atomic E-state index is 0.127. The largest absolute Gasteiger partial charge is 0.508 e. The van der Waals surface area contributed by atoms with Gasteiger partial charge in [-0.1, -0.05) is 12.1 Å². The Labute approximate surface area is 164 Å². The van der Waals surface area contributed by atoms with Crippen LogP contribution < -0.4 is 4.74 Å². The van der Waals surface area contributed by atoms with Gasteiger partial charge in [0.25, 0.3) is 0 Å². The number of aromatic nitrogens is 2. The number of hydrogen-bond donors (Lipinski definition) is 2. The molecular formula is C22H23N3O3. The van der Waals surface area contributed by atoms with E-state index in [0.717, 1.165) is 46.9 Å². The van der Waals surface area contributed by atoms with Gasteiger partial charge in [0.1, 0.15) is 12.4 Å². The molecule has 6 nitrogen and oxygen atoms in total. The van der Waals surface area contributed by atoms with Gasteiger partial charge in [-0.25, -0.2) is 4.98 Å². The van der Waals surface area contributed by atoms with Crippen molar-refractivity contribution < 1.29 is 14.9 Å². The van der Waals surface area contributed by atoms with Crippen molar-refractivity contribution in [3.8, 4) is 28.5 Å². The molecular weight excluding hydrogens is 354 g/mol. The Morgan fingerprint density at radius 1 is 1.11 bits per heavy atom. The fourth-order valence-corrected chi connectivity index (χ4v) is 3.50. The average molecular weight is 377 g/mol. The Balaban J connectivity index is 1.66. The SMILES string of the molecule is Cc1cnc(C)c(-c2cc(O)c3c(c2)CN(Cc2ccc(O)cc2)CCO3)n1. The highest BCUT2D eigenvalue weighted by molar-refractivity contribution is 5.68. The molecule has 0 fully saturated rings.